The Morgan fingerprint density at radius 2 is 1.53 bits per heavy atom. The van der Waals surface area contributed by atoms with Crippen molar-refractivity contribution in [2.45, 2.75) is 0 Å². The van der Waals surface area contributed by atoms with Crippen LogP contribution in [0.5, 0.6) is 34.5 Å². The third kappa shape index (κ3) is 6.05. The number of methoxy groups -OCH3 is 4. The van der Waals surface area contributed by atoms with Crippen LogP contribution in [0.2, 0.25) is 0 Å². The summed E-state index contributed by atoms with van der Waals surface area (Å²) in [6.45, 7) is 0. The Balaban J connectivity index is 1.75. The number of aromatic hydroxyl groups is 1. The van der Waals surface area contributed by atoms with E-state index >= 15 is 0 Å². The van der Waals surface area contributed by atoms with Crippen molar-refractivity contribution in [2.24, 2.45) is 5.10 Å². The predicted octanol–water partition coefficient (Wildman–Crippen LogP) is 4.17. The minimum absolute atomic E-state index is 0.0631. The SMILES string of the molecule is COc1cc(/C=N\NC(=O)c2cc(Br)ccc2O)ccc1OC(=O)c1cc(OC)c(OC)c(OC)c1. The molecule has 2 N–H and O–H groups in total. The third-order valence-corrected chi connectivity index (χ3v) is 5.37. The van der Waals surface area contributed by atoms with Gasteiger partial charge in [-0.2, -0.15) is 5.10 Å². The summed E-state index contributed by atoms with van der Waals surface area (Å²) in [6.07, 6.45) is 1.38. The molecule has 0 aliphatic rings. The standard InChI is InChI=1S/C25H23BrN2O8/c1-32-20-9-14(13-27-28-24(30)17-12-16(26)6-7-18(17)29)5-8-19(20)36-25(31)15-10-21(33-2)23(35-4)22(11-15)34-3/h5-13,29H,1-4H3,(H,28,30)/b27-13-. The normalized spacial score (nSPS) is 10.6. The van der Waals surface area contributed by atoms with E-state index in [0.717, 1.165) is 0 Å². The van der Waals surface area contributed by atoms with Gasteiger partial charge in [-0.1, -0.05) is 15.9 Å². The van der Waals surface area contributed by atoms with Crippen molar-refractivity contribution >= 4 is 34.0 Å². The Labute approximate surface area is 215 Å². The first-order valence-electron chi connectivity index (χ1n) is 10.3. The minimum atomic E-state index is -0.671. The first-order valence-corrected chi connectivity index (χ1v) is 11.1. The molecule has 0 spiro atoms. The molecule has 0 heterocycles. The second-order valence-corrected chi connectivity index (χ2v) is 7.99. The lowest BCUT2D eigenvalue weighted by Crippen LogP contribution is -2.17. The van der Waals surface area contributed by atoms with Crippen molar-refractivity contribution < 1.29 is 38.4 Å². The summed E-state index contributed by atoms with van der Waals surface area (Å²) in [5.74, 6) is -0.0536. The first kappa shape index (κ1) is 26.4. The third-order valence-electron chi connectivity index (χ3n) is 4.87. The highest BCUT2D eigenvalue weighted by Gasteiger charge is 2.20. The van der Waals surface area contributed by atoms with Gasteiger partial charge in [0, 0.05) is 4.47 Å². The first-order chi connectivity index (χ1) is 17.3. The highest BCUT2D eigenvalue weighted by Crippen LogP contribution is 2.38. The molecule has 0 radical (unpaired) electrons. The van der Waals surface area contributed by atoms with E-state index in [0.29, 0.717) is 27.3 Å². The topological polar surface area (TPSA) is 125 Å². The molecule has 0 atom stereocenters. The molecule has 0 aromatic heterocycles. The van der Waals surface area contributed by atoms with Crippen LogP contribution in [0.25, 0.3) is 0 Å². The van der Waals surface area contributed by atoms with Crippen LogP contribution in [0.3, 0.4) is 0 Å². The van der Waals surface area contributed by atoms with Crippen molar-refractivity contribution in [3.05, 3.63) is 69.7 Å². The zero-order valence-electron chi connectivity index (χ0n) is 19.8. The van der Waals surface area contributed by atoms with Gasteiger partial charge in [0.2, 0.25) is 5.75 Å². The average Bonchev–Trinajstić information content (AvgIpc) is 2.89. The largest absolute Gasteiger partial charge is 0.507 e. The highest BCUT2D eigenvalue weighted by molar-refractivity contribution is 9.10. The van der Waals surface area contributed by atoms with E-state index in [1.54, 1.807) is 18.2 Å². The minimum Gasteiger partial charge on any atom is -0.507 e. The van der Waals surface area contributed by atoms with Gasteiger partial charge < -0.3 is 28.8 Å². The van der Waals surface area contributed by atoms with E-state index < -0.39 is 11.9 Å². The Hall–Kier alpha value is -4.25. The lowest BCUT2D eigenvalue weighted by molar-refractivity contribution is 0.0728. The molecule has 0 aliphatic heterocycles. The predicted molar refractivity (Wildman–Crippen MR) is 135 cm³/mol. The molecule has 11 heteroatoms. The average molecular weight is 559 g/mol. The summed E-state index contributed by atoms with van der Waals surface area (Å²) in [7, 11) is 5.77. The number of rotatable bonds is 9. The molecule has 0 bridgehead atoms. The molecule has 10 nitrogen and oxygen atoms in total. The number of esters is 1. The van der Waals surface area contributed by atoms with Gasteiger partial charge in [-0.3, -0.25) is 4.79 Å². The molecular formula is C25H23BrN2O8. The molecular weight excluding hydrogens is 536 g/mol. The zero-order valence-corrected chi connectivity index (χ0v) is 21.4. The monoisotopic (exact) mass is 558 g/mol. The zero-order chi connectivity index (χ0) is 26.2. The molecule has 0 unspecified atom stereocenters. The number of benzene rings is 3. The fourth-order valence-electron chi connectivity index (χ4n) is 3.12. The lowest BCUT2D eigenvalue weighted by Gasteiger charge is -2.14. The van der Waals surface area contributed by atoms with E-state index in [1.165, 1.54) is 65.0 Å². The summed E-state index contributed by atoms with van der Waals surface area (Å²) >= 11 is 3.25. The molecule has 3 aromatic carbocycles. The van der Waals surface area contributed by atoms with Crippen LogP contribution in [0.4, 0.5) is 0 Å². The molecule has 0 aliphatic carbocycles. The van der Waals surface area contributed by atoms with Crippen molar-refractivity contribution in [1.29, 1.82) is 0 Å². The van der Waals surface area contributed by atoms with Crippen molar-refractivity contribution in [1.82, 2.24) is 5.43 Å². The second kappa shape index (κ2) is 11.9. The molecule has 188 valence electrons. The van der Waals surface area contributed by atoms with Gasteiger partial charge in [0.15, 0.2) is 23.0 Å². The fourth-order valence-corrected chi connectivity index (χ4v) is 3.48. The number of hydrogen-bond donors (Lipinski definition) is 2. The number of nitrogens with one attached hydrogen (secondary N) is 1. The van der Waals surface area contributed by atoms with E-state index in [9.17, 15) is 14.7 Å². The number of halogens is 1. The Bertz CT molecular complexity index is 1280. The number of amides is 1. The van der Waals surface area contributed by atoms with Crippen LogP contribution in [-0.2, 0) is 0 Å². The lowest BCUT2D eigenvalue weighted by atomic mass is 10.1. The highest BCUT2D eigenvalue weighted by atomic mass is 79.9. The van der Waals surface area contributed by atoms with E-state index in [4.69, 9.17) is 23.7 Å². The number of hydrogen-bond acceptors (Lipinski definition) is 9. The number of carbonyl (C=O) groups is 2. The Morgan fingerprint density at radius 3 is 2.14 bits per heavy atom. The molecule has 0 saturated heterocycles. The Morgan fingerprint density at radius 1 is 0.861 bits per heavy atom. The second-order valence-electron chi connectivity index (χ2n) is 7.07. The van der Waals surface area contributed by atoms with Crippen LogP contribution in [0.1, 0.15) is 26.3 Å². The molecule has 0 saturated carbocycles. The maximum absolute atomic E-state index is 12.8. The smallest absolute Gasteiger partial charge is 0.343 e. The summed E-state index contributed by atoms with van der Waals surface area (Å²) in [5, 5.41) is 13.8. The number of phenols is 1. The van der Waals surface area contributed by atoms with Gasteiger partial charge in [-0.05, 0) is 54.1 Å². The fraction of sp³-hybridized carbons (Fsp3) is 0.160. The number of hydrazone groups is 1. The van der Waals surface area contributed by atoms with E-state index in [-0.39, 0.29) is 28.4 Å². The van der Waals surface area contributed by atoms with Crippen molar-refractivity contribution in [3.8, 4) is 34.5 Å². The van der Waals surface area contributed by atoms with Gasteiger partial charge >= 0.3 is 5.97 Å². The van der Waals surface area contributed by atoms with Crippen LogP contribution in [0.15, 0.2) is 58.1 Å². The van der Waals surface area contributed by atoms with E-state index in [1.807, 2.05) is 0 Å². The quantitative estimate of drug-likeness (QED) is 0.173. The number of carbonyl (C=O) groups excluding carboxylic acids is 2. The van der Waals surface area contributed by atoms with Crippen molar-refractivity contribution in [2.75, 3.05) is 28.4 Å². The van der Waals surface area contributed by atoms with E-state index in [2.05, 4.69) is 26.5 Å². The van der Waals surface area contributed by atoms with Crippen LogP contribution in [0, 0.1) is 0 Å². The summed E-state index contributed by atoms with van der Waals surface area (Å²) < 4.78 is 27.3. The van der Waals surface area contributed by atoms with Crippen LogP contribution < -0.4 is 29.1 Å². The van der Waals surface area contributed by atoms with Gasteiger partial charge in [0.1, 0.15) is 5.75 Å². The molecule has 3 rings (SSSR count). The van der Waals surface area contributed by atoms with Gasteiger partial charge in [-0.15, -0.1) is 0 Å². The van der Waals surface area contributed by atoms with Gasteiger partial charge in [0.05, 0.1) is 45.8 Å². The summed E-state index contributed by atoms with van der Waals surface area (Å²) in [5.41, 5.74) is 3.14. The van der Waals surface area contributed by atoms with Gasteiger partial charge in [-0.25, -0.2) is 10.2 Å². The molecule has 36 heavy (non-hydrogen) atoms. The molecule has 3 aromatic rings. The molecule has 0 fully saturated rings. The Kier molecular flexibility index (Phi) is 8.74. The number of ether oxygens (including phenoxy) is 5. The van der Waals surface area contributed by atoms with Crippen LogP contribution in [-0.4, -0.2) is 51.6 Å². The van der Waals surface area contributed by atoms with Gasteiger partial charge in [0.25, 0.3) is 5.91 Å². The maximum Gasteiger partial charge on any atom is 0.343 e. The number of nitrogens with zero attached hydrogens (tertiary/aromatic N) is 1. The molecule has 1 amide bonds. The van der Waals surface area contributed by atoms with Crippen LogP contribution >= 0.6 is 15.9 Å². The number of phenolic OH excluding ortho intramolecular Hbond substituents is 1. The maximum atomic E-state index is 12.8. The summed E-state index contributed by atoms with van der Waals surface area (Å²) in [6, 6.07) is 12.1. The summed E-state index contributed by atoms with van der Waals surface area (Å²) in [4.78, 5) is 25.1. The van der Waals surface area contributed by atoms with Crippen molar-refractivity contribution in [3.63, 3.8) is 0 Å².